The lowest BCUT2D eigenvalue weighted by molar-refractivity contribution is 0.00629. The smallest absolute Gasteiger partial charge is 0.410 e. The van der Waals surface area contributed by atoms with Crippen LogP contribution in [0.25, 0.3) is 0 Å². The summed E-state index contributed by atoms with van der Waals surface area (Å²) in [5, 5.41) is 3.68. The molecule has 2 saturated heterocycles. The van der Waals surface area contributed by atoms with Crippen LogP contribution in [0.5, 0.6) is 0 Å². The third-order valence-electron chi connectivity index (χ3n) is 4.96. The quantitative estimate of drug-likeness (QED) is 0.863. The van der Waals surface area contributed by atoms with Crippen molar-refractivity contribution < 1.29 is 14.3 Å². The molecule has 0 aliphatic carbocycles. The van der Waals surface area contributed by atoms with Crippen LogP contribution in [-0.2, 0) is 9.47 Å². The number of carbonyl (C=O) groups is 1. The molecule has 0 spiro atoms. The minimum absolute atomic E-state index is 0.114. The minimum atomic E-state index is -0.430. The van der Waals surface area contributed by atoms with E-state index in [-0.39, 0.29) is 11.5 Å². The van der Waals surface area contributed by atoms with E-state index < -0.39 is 5.60 Å². The molecule has 5 nitrogen and oxygen atoms in total. The summed E-state index contributed by atoms with van der Waals surface area (Å²) in [6.45, 7) is 14.5. The van der Waals surface area contributed by atoms with E-state index in [0.717, 1.165) is 52.1 Å². The molecule has 134 valence electrons. The summed E-state index contributed by atoms with van der Waals surface area (Å²) in [5.74, 6) is 0.615. The Morgan fingerprint density at radius 1 is 1.48 bits per heavy atom. The molecule has 3 unspecified atom stereocenters. The highest BCUT2D eigenvalue weighted by atomic mass is 16.6. The molecule has 0 bridgehead atoms. The molecule has 2 heterocycles. The van der Waals surface area contributed by atoms with E-state index in [0.29, 0.717) is 12.0 Å². The average Bonchev–Trinajstić information content (AvgIpc) is 2.97. The van der Waals surface area contributed by atoms with Crippen LogP contribution < -0.4 is 5.32 Å². The SMILES string of the molecule is CC(NCC1(C)CCCN(C(=O)OC(C)(C)C)C1)C1CCOC1. The van der Waals surface area contributed by atoms with Crippen LogP contribution >= 0.6 is 0 Å². The fraction of sp³-hybridized carbons (Fsp3) is 0.944. The second-order valence-electron chi connectivity index (χ2n) is 8.61. The van der Waals surface area contributed by atoms with Crippen molar-refractivity contribution in [2.24, 2.45) is 11.3 Å². The zero-order valence-corrected chi connectivity index (χ0v) is 15.5. The Morgan fingerprint density at radius 3 is 2.83 bits per heavy atom. The van der Waals surface area contributed by atoms with Crippen LogP contribution in [0.15, 0.2) is 0 Å². The van der Waals surface area contributed by atoms with Crippen molar-refractivity contribution in [1.29, 1.82) is 0 Å². The molecule has 0 radical (unpaired) electrons. The number of carbonyl (C=O) groups excluding carboxylic acids is 1. The van der Waals surface area contributed by atoms with E-state index in [1.807, 2.05) is 25.7 Å². The van der Waals surface area contributed by atoms with Gasteiger partial charge in [-0.15, -0.1) is 0 Å². The van der Waals surface area contributed by atoms with Gasteiger partial charge in [0, 0.05) is 32.3 Å². The number of nitrogens with one attached hydrogen (secondary N) is 1. The predicted molar refractivity (Wildman–Crippen MR) is 91.5 cm³/mol. The van der Waals surface area contributed by atoms with Gasteiger partial charge in [0.15, 0.2) is 0 Å². The van der Waals surface area contributed by atoms with E-state index in [2.05, 4.69) is 19.2 Å². The predicted octanol–water partition coefficient (Wildman–Crippen LogP) is 3.04. The van der Waals surface area contributed by atoms with E-state index in [1.165, 1.54) is 0 Å². The molecule has 2 fully saturated rings. The topological polar surface area (TPSA) is 50.8 Å². The first-order valence-electron chi connectivity index (χ1n) is 8.98. The monoisotopic (exact) mass is 326 g/mol. The number of piperidine rings is 1. The highest BCUT2D eigenvalue weighted by Crippen LogP contribution is 2.30. The Labute approximate surface area is 141 Å². The normalized spacial score (nSPS) is 30.3. The van der Waals surface area contributed by atoms with Crippen molar-refractivity contribution in [2.75, 3.05) is 32.8 Å². The van der Waals surface area contributed by atoms with Gasteiger partial charge in [-0.2, -0.15) is 0 Å². The summed E-state index contributed by atoms with van der Waals surface area (Å²) in [5.41, 5.74) is -0.316. The summed E-state index contributed by atoms with van der Waals surface area (Å²) < 4.78 is 11.0. The first-order valence-corrected chi connectivity index (χ1v) is 8.98. The molecule has 2 aliphatic heterocycles. The van der Waals surface area contributed by atoms with Gasteiger partial charge < -0.3 is 19.7 Å². The van der Waals surface area contributed by atoms with E-state index in [4.69, 9.17) is 9.47 Å². The number of nitrogens with zero attached hydrogens (tertiary/aromatic N) is 1. The van der Waals surface area contributed by atoms with Gasteiger partial charge in [0.2, 0.25) is 0 Å². The van der Waals surface area contributed by atoms with Crippen molar-refractivity contribution in [1.82, 2.24) is 10.2 Å². The summed E-state index contributed by atoms with van der Waals surface area (Å²) in [7, 11) is 0. The van der Waals surface area contributed by atoms with Crippen molar-refractivity contribution in [2.45, 2.75) is 65.5 Å². The second-order valence-corrected chi connectivity index (χ2v) is 8.61. The molecule has 0 aromatic rings. The lowest BCUT2D eigenvalue weighted by atomic mass is 9.81. The van der Waals surface area contributed by atoms with Crippen LogP contribution in [0.4, 0.5) is 4.79 Å². The zero-order valence-electron chi connectivity index (χ0n) is 15.5. The van der Waals surface area contributed by atoms with E-state index >= 15 is 0 Å². The molecule has 2 aliphatic rings. The minimum Gasteiger partial charge on any atom is -0.444 e. The summed E-state index contributed by atoms with van der Waals surface area (Å²) >= 11 is 0. The molecular formula is C18H34N2O3. The number of hydrogen-bond donors (Lipinski definition) is 1. The fourth-order valence-corrected chi connectivity index (χ4v) is 3.46. The Hall–Kier alpha value is -0.810. The Balaban J connectivity index is 1.84. The molecule has 2 rings (SSSR count). The molecule has 0 aromatic heterocycles. The lowest BCUT2D eigenvalue weighted by Crippen LogP contribution is -2.51. The maximum Gasteiger partial charge on any atom is 0.410 e. The first kappa shape index (κ1) is 18.5. The third kappa shape index (κ3) is 5.64. The zero-order chi connectivity index (χ0) is 17.1. The van der Waals surface area contributed by atoms with Crippen LogP contribution in [0.2, 0.25) is 0 Å². The fourth-order valence-electron chi connectivity index (χ4n) is 3.46. The number of likely N-dealkylation sites (tertiary alicyclic amines) is 1. The maximum atomic E-state index is 12.3. The molecule has 1 amide bonds. The Bertz CT molecular complexity index is 402. The van der Waals surface area contributed by atoms with Gasteiger partial charge in [-0.25, -0.2) is 4.79 Å². The van der Waals surface area contributed by atoms with E-state index in [1.54, 1.807) is 0 Å². The van der Waals surface area contributed by atoms with Gasteiger partial charge in [-0.3, -0.25) is 0 Å². The third-order valence-corrected chi connectivity index (χ3v) is 4.96. The summed E-state index contributed by atoms with van der Waals surface area (Å²) in [4.78, 5) is 14.2. The highest BCUT2D eigenvalue weighted by Gasteiger charge is 2.35. The van der Waals surface area contributed by atoms with Gasteiger partial charge in [-0.05, 0) is 58.3 Å². The van der Waals surface area contributed by atoms with Crippen LogP contribution in [0, 0.1) is 11.3 Å². The largest absolute Gasteiger partial charge is 0.444 e. The maximum absolute atomic E-state index is 12.3. The molecule has 0 saturated carbocycles. The average molecular weight is 326 g/mol. The second kappa shape index (κ2) is 7.39. The molecule has 1 N–H and O–H groups in total. The van der Waals surface area contributed by atoms with Gasteiger partial charge in [0.25, 0.3) is 0 Å². The van der Waals surface area contributed by atoms with Crippen molar-refractivity contribution >= 4 is 6.09 Å². The highest BCUT2D eigenvalue weighted by molar-refractivity contribution is 5.68. The molecule has 5 heteroatoms. The molecular weight excluding hydrogens is 292 g/mol. The molecule has 0 aromatic carbocycles. The van der Waals surface area contributed by atoms with Crippen LogP contribution in [0.3, 0.4) is 0 Å². The summed E-state index contributed by atoms with van der Waals surface area (Å²) in [6, 6.07) is 0.464. The number of hydrogen-bond acceptors (Lipinski definition) is 4. The first-order chi connectivity index (χ1) is 10.7. The molecule has 23 heavy (non-hydrogen) atoms. The lowest BCUT2D eigenvalue weighted by Gasteiger charge is -2.41. The van der Waals surface area contributed by atoms with Gasteiger partial charge in [0.1, 0.15) is 5.60 Å². The number of rotatable bonds is 4. The van der Waals surface area contributed by atoms with Gasteiger partial charge in [-0.1, -0.05) is 6.92 Å². The van der Waals surface area contributed by atoms with Crippen molar-refractivity contribution in [3.05, 3.63) is 0 Å². The van der Waals surface area contributed by atoms with Crippen LogP contribution in [-0.4, -0.2) is 55.5 Å². The van der Waals surface area contributed by atoms with Gasteiger partial charge >= 0.3 is 6.09 Å². The Morgan fingerprint density at radius 2 is 2.22 bits per heavy atom. The Kier molecular flexibility index (Phi) is 5.95. The number of amides is 1. The number of ether oxygens (including phenoxy) is 2. The van der Waals surface area contributed by atoms with Crippen molar-refractivity contribution in [3.8, 4) is 0 Å². The molecule has 3 atom stereocenters. The summed E-state index contributed by atoms with van der Waals surface area (Å²) in [6.07, 6.45) is 3.15. The van der Waals surface area contributed by atoms with Crippen molar-refractivity contribution in [3.63, 3.8) is 0 Å². The van der Waals surface area contributed by atoms with Gasteiger partial charge in [0.05, 0.1) is 6.61 Å². The van der Waals surface area contributed by atoms with E-state index in [9.17, 15) is 4.79 Å². The standard InChI is InChI=1S/C18H34N2O3/c1-14(15-7-10-22-11-15)19-12-18(5)8-6-9-20(13-18)16(21)23-17(2,3)4/h14-15,19H,6-13H2,1-5H3. The van der Waals surface area contributed by atoms with Crippen LogP contribution in [0.1, 0.15) is 53.9 Å².